The number of benzene rings is 1. The van der Waals surface area contributed by atoms with Crippen LogP contribution in [0, 0.1) is 0 Å². The zero-order chi connectivity index (χ0) is 11.8. The third kappa shape index (κ3) is 1.76. The number of rotatable bonds is 2. The number of aryl methyl sites for hydroxylation is 1. The maximum absolute atomic E-state index is 5.59. The molecule has 3 N–H and O–H groups in total. The first-order valence-corrected chi connectivity index (χ1v) is 6.16. The number of fused-ring (bicyclic) bond motifs is 1. The minimum absolute atomic E-state index is 0.589. The van der Waals surface area contributed by atoms with Gasteiger partial charge in [0.15, 0.2) is 0 Å². The van der Waals surface area contributed by atoms with Gasteiger partial charge in [0.2, 0.25) is 0 Å². The van der Waals surface area contributed by atoms with Crippen molar-refractivity contribution in [2.45, 2.75) is 32.2 Å². The highest BCUT2D eigenvalue weighted by Gasteiger charge is 2.23. The molecule has 3 nitrogen and oxygen atoms in total. The number of imidazole rings is 1. The lowest BCUT2D eigenvalue weighted by atomic mass is 10.1. The van der Waals surface area contributed by atoms with Gasteiger partial charge in [-0.15, -0.1) is 0 Å². The van der Waals surface area contributed by atoms with Crippen molar-refractivity contribution in [3.8, 4) is 11.4 Å². The van der Waals surface area contributed by atoms with Crippen LogP contribution in [0.2, 0.25) is 0 Å². The molecule has 1 heterocycles. The van der Waals surface area contributed by atoms with E-state index in [1.165, 1.54) is 17.8 Å². The molecule has 1 aliphatic carbocycles. The van der Waals surface area contributed by atoms with Crippen molar-refractivity contribution in [3.05, 3.63) is 41.2 Å². The number of nitrogens with two attached hydrogens (primary N) is 1. The predicted octanol–water partition coefficient (Wildman–Crippen LogP) is 2.59. The van der Waals surface area contributed by atoms with Crippen LogP contribution in [0.4, 0.5) is 0 Å². The van der Waals surface area contributed by atoms with Crippen molar-refractivity contribution in [3.63, 3.8) is 0 Å². The second-order valence-electron chi connectivity index (χ2n) is 4.79. The largest absolute Gasteiger partial charge is 0.342 e. The third-order valence-electron chi connectivity index (χ3n) is 3.57. The lowest BCUT2D eigenvalue weighted by molar-refractivity contribution is 0.726. The fraction of sp³-hybridized carbons (Fsp3) is 0.357. The van der Waals surface area contributed by atoms with Gasteiger partial charge in [-0.05, 0) is 18.4 Å². The Morgan fingerprint density at radius 3 is 2.76 bits per heavy atom. The van der Waals surface area contributed by atoms with Gasteiger partial charge in [-0.3, -0.25) is 0 Å². The molecule has 1 atom stereocenters. The predicted molar refractivity (Wildman–Crippen MR) is 68.7 cm³/mol. The Morgan fingerprint density at radius 1 is 1.35 bits per heavy atom. The third-order valence-corrected chi connectivity index (χ3v) is 3.57. The van der Waals surface area contributed by atoms with Crippen molar-refractivity contribution >= 4 is 0 Å². The summed E-state index contributed by atoms with van der Waals surface area (Å²) >= 11 is 0. The van der Waals surface area contributed by atoms with E-state index in [9.17, 15) is 0 Å². The smallest absolute Gasteiger partial charge is 0.137 e. The van der Waals surface area contributed by atoms with Gasteiger partial charge in [-0.25, -0.2) is 4.98 Å². The van der Waals surface area contributed by atoms with E-state index in [4.69, 9.17) is 10.7 Å². The Bertz CT molecular complexity index is 525. The van der Waals surface area contributed by atoms with E-state index in [0.717, 1.165) is 23.4 Å². The first-order chi connectivity index (χ1) is 8.28. The Balaban J connectivity index is 1.96. The molecule has 3 rings (SSSR count). The number of hydrogen-bond acceptors (Lipinski definition) is 2. The van der Waals surface area contributed by atoms with Crippen LogP contribution in [0.5, 0.6) is 0 Å². The molecule has 0 spiro atoms. The highest BCUT2D eigenvalue weighted by molar-refractivity contribution is 5.57. The lowest BCUT2D eigenvalue weighted by Crippen LogP contribution is -1.95. The van der Waals surface area contributed by atoms with Crippen LogP contribution in [0.25, 0.3) is 11.4 Å². The molecule has 0 radical (unpaired) electrons. The molecule has 17 heavy (non-hydrogen) atoms. The summed E-state index contributed by atoms with van der Waals surface area (Å²) in [5.41, 5.74) is 10.5. The summed E-state index contributed by atoms with van der Waals surface area (Å²) in [5.74, 6) is 1.59. The average Bonchev–Trinajstić information content (AvgIpc) is 2.92. The van der Waals surface area contributed by atoms with Gasteiger partial charge >= 0.3 is 0 Å². The molecule has 2 aromatic rings. The molecule has 0 bridgehead atoms. The quantitative estimate of drug-likeness (QED) is 0.828. The molecular weight excluding hydrogens is 210 g/mol. The van der Waals surface area contributed by atoms with E-state index in [2.05, 4.69) is 36.2 Å². The molecule has 1 aromatic heterocycles. The number of hydrogen-bond donors (Lipinski definition) is 2. The second-order valence-corrected chi connectivity index (χ2v) is 4.79. The minimum Gasteiger partial charge on any atom is -0.342 e. The van der Waals surface area contributed by atoms with Gasteiger partial charge in [0.25, 0.3) is 0 Å². The molecule has 0 saturated carbocycles. The van der Waals surface area contributed by atoms with E-state index in [-0.39, 0.29) is 0 Å². The fourth-order valence-electron chi connectivity index (χ4n) is 2.45. The van der Waals surface area contributed by atoms with Crippen molar-refractivity contribution in [1.82, 2.24) is 9.97 Å². The van der Waals surface area contributed by atoms with Gasteiger partial charge in [0.1, 0.15) is 5.82 Å². The normalized spacial score (nSPS) is 18.4. The molecule has 1 aliphatic rings. The molecule has 1 unspecified atom stereocenters. The highest BCUT2D eigenvalue weighted by atomic mass is 14.9. The van der Waals surface area contributed by atoms with Crippen LogP contribution in [0.1, 0.15) is 36.2 Å². The van der Waals surface area contributed by atoms with Crippen LogP contribution in [-0.2, 0) is 13.0 Å². The van der Waals surface area contributed by atoms with E-state index in [1.807, 2.05) is 0 Å². The second kappa shape index (κ2) is 4.00. The topological polar surface area (TPSA) is 54.7 Å². The maximum atomic E-state index is 5.59. The van der Waals surface area contributed by atoms with E-state index < -0.39 is 0 Å². The van der Waals surface area contributed by atoms with E-state index in [0.29, 0.717) is 12.5 Å². The number of nitrogens with one attached hydrogen (secondary N) is 1. The summed E-state index contributed by atoms with van der Waals surface area (Å²) in [6.45, 7) is 2.83. The Morgan fingerprint density at radius 2 is 2.12 bits per heavy atom. The lowest BCUT2D eigenvalue weighted by Gasteiger charge is -2.01. The Kier molecular flexibility index (Phi) is 2.48. The first-order valence-electron chi connectivity index (χ1n) is 6.16. The molecule has 0 saturated heterocycles. The van der Waals surface area contributed by atoms with Crippen LogP contribution in [0.3, 0.4) is 0 Å². The van der Waals surface area contributed by atoms with Gasteiger partial charge in [0.05, 0.1) is 5.69 Å². The minimum atomic E-state index is 0.589. The maximum Gasteiger partial charge on any atom is 0.137 e. The van der Waals surface area contributed by atoms with Crippen LogP contribution < -0.4 is 5.73 Å². The molecule has 0 fully saturated rings. The molecule has 88 valence electrons. The summed E-state index contributed by atoms with van der Waals surface area (Å²) in [5, 5.41) is 0. The van der Waals surface area contributed by atoms with E-state index in [1.54, 1.807) is 0 Å². The summed E-state index contributed by atoms with van der Waals surface area (Å²) in [6.07, 6.45) is 2.35. The Hall–Kier alpha value is -1.61. The van der Waals surface area contributed by atoms with Crippen molar-refractivity contribution in [2.24, 2.45) is 5.73 Å². The van der Waals surface area contributed by atoms with Gasteiger partial charge < -0.3 is 10.7 Å². The zero-order valence-electron chi connectivity index (χ0n) is 10.0. The zero-order valence-corrected chi connectivity index (χ0v) is 10.0. The number of aromatic amines is 1. The van der Waals surface area contributed by atoms with Crippen LogP contribution in [0.15, 0.2) is 24.3 Å². The molecule has 0 aliphatic heterocycles. The SMILES string of the molecule is CC1CCc2[nH]c(-c3ccc(CN)cc3)nc21. The van der Waals surface area contributed by atoms with Gasteiger partial charge in [-0.1, -0.05) is 31.2 Å². The molecule has 0 amide bonds. The Labute approximate surface area is 101 Å². The van der Waals surface area contributed by atoms with Crippen LogP contribution >= 0.6 is 0 Å². The summed E-state index contributed by atoms with van der Waals surface area (Å²) < 4.78 is 0. The van der Waals surface area contributed by atoms with Crippen molar-refractivity contribution in [2.75, 3.05) is 0 Å². The molecular formula is C14H17N3. The summed E-state index contributed by atoms with van der Waals surface area (Å²) in [7, 11) is 0. The van der Waals surface area contributed by atoms with Crippen molar-refractivity contribution in [1.29, 1.82) is 0 Å². The standard InChI is InChI=1S/C14H17N3/c1-9-2-7-12-13(9)17-14(16-12)11-5-3-10(8-15)4-6-11/h3-6,9H,2,7-8,15H2,1H3,(H,16,17). The number of nitrogens with zero attached hydrogens (tertiary/aromatic N) is 1. The first kappa shape index (κ1) is 10.5. The van der Waals surface area contributed by atoms with Gasteiger partial charge in [0, 0.05) is 23.7 Å². The molecule has 1 aromatic carbocycles. The number of H-pyrrole nitrogens is 1. The fourth-order valence-corrected chi connectivity index (χ4v) is 2.45. The highest BCUT2D eigenvalue weighted by Crippen LogP contribution is 2.32. The van der Waals surface area contributed by atoms with Crippen LogP contribution in [-0.4, -0.2) is 9.97 Å². The molecule has 3 heteroatoms. The van der Waals surface area contributed by atoms with E-state index >= 15 is 0 Å². The average molecular weight is 227 g/mol. The number of aromatic nitrogens is 2. The van der Waals surface area contributed by atoms with Gasteiger partial charge in [-0.2, -0.15) is 0 Å². The summed E-state index contributed by atoms with van der Waals surface area (Å²) in [4.78, 5) is 8.15. The van der Waals surface area contributed by atoms with Crippen molar-refractivity contribution < 1.29 is 0 Å². The monoisotopic (exact) mass is 227 g/mol. The summed E-state index contributed by atoms with van der Waals surface area (Å²) in [6, 6.07) is 8.29.